The van der Waals surface area contributed by atoms with Crippen molar-refractivity contribution in [3.05, 3.63) is 30.1 Å². The van der Waals surface area contributed by atoms with Gasteiger partial charge in [0.25, 0.3) is 0 Å². The number of aliphatic carboxylic acids is 1. The van der Waals surface area contributed by atoms with E-state index < -0.39 is 5.97 Å². The standard InChI is InChI=1S/C13H12N4O3S/c1-2-10-14-15-13-17(10)16-12(21-13)8-4-3-5-9(6-8)20-7-11(18)19/h3-6H,2,7H2,1H3,(H,18,19). The van der Waals surface area contributed by atoms with Crippen molar-refractivity contribution < 1.29 is 14.6 Å². The van der Waals surface area contributed by atoms with Gasteiger partial charge in [0.2, 0.25) is 4.96 Å². The average Bonchev–Trinajstić information content (AvgIpc) is 3.05. The zero-order valence-corrected chi connectivity index (χ0v) is 12.0. The molecule has 0 unspecified atom stereocenters. The van der Waals surface area contributed by atoms with Crippen molar-refractivity contribution in [2.45, 2.75) is 13.3 Å². The monoisotopic (exact) mass is 304 g/mol. The normalized spacial score (nSPS) is 10.9. The van der Waals surface area contributed by atoms with E-state index in [-0.39, 0.29) is 6.61 Å². The van der Waals surface area contributed by atoms with Gasteiger partial charge in [0.1, 0.15) is 10.8 Å². The Morgan fingerprint density at radius 3 is 3.05 bits per heavy atom. The van der Waals surface area contributed by atoms with Gasteiger partial charge in [-0.15, -0.1) is 10.2 Å². The molecular formula is C13H12N4O3S. The molecule has 2 aromatic heterocycles. The molecule has 2 heterocycles. The molecule has 0 bridgehead atoms. The third-order valence-corrected chi connectivity index (χ3v) is 3.76. The van der Waals surface area contributed by atoms with Gasteiger partial charge in [-0.2, -0.15) is 9.61 Å². The molecule has 21 heavy (non-hydrogen) atoms. The van der Waals surface area contributed by atoms with E-state index in [9.17, 15) is 4.79 Å². The molecule has 3 rings (SSSR count). The number of hydrogen-bond acceptors (Lipinski definition) is 6. The van der Waals surface area contributed by atoms with E-state index in [0.29, 0.717) is 5.75 Å². The third-order valence-electron chi connectivity index (χ3n) is 2.81. The first-order chi connectivity index (χ1) is 10.2. The Bertz CT molecular complexity index is 796. The molecule has 0 aliphatic carbocycles. The highest BCUT2D eigenvalue weighted by molar-refractivity contribution is 7.19. The van der Waals surface area contributed by atoms with E-state index in [1.807, 2.05) is 13.0 Å². The Kier molecular flexibility index (Phi) is 3.53. The van der Waals surface area contributed by atoms with Gasteiger partial charge in [-0.3, -0.25) is 0 Å². The highest BCUT2D eigenvalue weighted by Gasteiger charge is 2.12. The second-order valence-corrected chi connectivity index (χ2v) is 5.24. The van der Waals surface area contributed by atoms with E-state index in [1.165, 1.54) is 11.3 Å². The summed E-state index contributed by atoms with van der Waals surface area (Å²) in [5.41, 5.74) is 0.857. The Hall–Kier alpha value is -2.48. The smallest absolute Gasteiger partial charge is 0.341 e. The molecule has 7 nitrogen and oxygen atoms in total. The lowest BCUT2D eigenvalue weighted by Crippen LogP contribution is -2.09. The molecule has 0 radical (unpaired) electrons. The molecule has 0 spiro atoms. The lowest BCUT2D eigenvalue weighted by molar-refractivity contribution is -0.139. The third kappa shape index (κ3) is 2.70. The number of carbonyl (C=O) groups is 1. The first kappa shape index (κ1) is 13.5. The van der Waals surface area contributed by atoms with Gasteiger partial charge >= 0.3 is 5.97 Å². The number of aryl methyl sites for hydroxylation is 1. The predicted molar refractivity (Wildman–Crippen MR) is 76.6 cm³/mol. The number of carboxylic acid groups (broad SMARTS) is 1. The van der Waals surface area contributed by atoms with Crippen LogP contribution in [-0.4, -0.2) is 37.5 Å². The Morgan fingerprint density at radius 1 is 1.43 bits per heavy atom. The van der Waals surface area contributed by atoms with E-state index in [4.69, 9.17) is 9.84 Å². The molecule has 0 aliphatic heterocycles. The van der Waals surface area contributed by atoms with Crippen LogP contribution in [-0.2, 0) is 11.2 Å². The molecule has 0 saturated carbocycles. The van der Waals surface area contributed by atoms with Crippen LogP contribution in [0.4, 0.5) is 0 Å². The van der Waals surface area contributed by atoms with Gasteiger partial charge in [-0.25, -0.2) is 4.79 Å². The number of fused-ring (bicyclic) bond motifs is 1. The van der Waals surface area contributed by atoms with Crippen LogP contribution in [0.1, 0.15) is 12.7 Å². The maximum Gasteiger partial charge on any atom is 0.341 e. The number of benzene rings is 1. The summed E-state index contributed by atoms with van der Waals surface area (Å²) in [5, 5.41) is 22.0. The van der Waals surface area contributed by atoms with Crippen LogP contribution in [0.15, 0.2) is 24.3 Å². The van der Waals surface area contributed by atoms with Crippen molar-refractivity contribution in [3.63, 3.8) is 0 Å². The summed E-state index contributed by atoms with van der Waals surface area (Å²) in [6.45, 7) is 1.63. The summed E-state index contributed by atoms with van der Waals surface area (Å²) >= 11 is 1.43. The fourth-order valence-electron chi connectivity index (χ4n) is 1.86. The quantitative estimate of drug-likeness (QED) is 0.774. The molecule has 0 fully saturated rings. The fourth-order valence-corrected chi connectivity index (χ4v) is 2.71. The Labute approximate surface area is 123 Å². The van der Waals surface area contributed by atoms with Crippen molar-refractivity contribution in [2.24, 2.45) is 0 Å². The Balaban J connectivity index is 1.92. The van der Waals surface area contributed by atoms with Crippen LogP contribution < -0.4 is 4.74 Å². The topological polar surface area (TPSA) is 89.6 Å². The lowest BCUT2D eigenvalue weighted by Gasteiger charge is -2.04. The van der Waals surface area contributed by atoms with Gasteiger partial charge in [0, 0.05) is 12.0 Å². The number of nitrogens with zero attached hydrogens (tertiary/aromatic N) is 4. The van der Waals surface area contributed by atoms with Crippen molar-refractivity contribution in [3.8, 4) is 16.3 Å². The molecule has 0 atom stereocenters. The summed E-state index contributed by atoms with van der Waals surface area (Å²) in [6, 6.07) is 7.17. The highest BCUT2D eigenvalue weighted by atomic mass is 32.1. The maximum atomic E-state index is 10.5. The fraction of sp³-hybridized carbons (Fsp3) is 0.231. The van der Waals surface area contributed by atoms with Crippen LogP contribution in [0.3, 0.4) is 0 Å². The van der Waals surface area contributed by atoms with Crippen molar-refractivity contribution in [2.75, 3.05) is 6.61 Å². The minimum atomic E-state index is -1.01. The van der Waals surface area contributed by atoms with E-state index in [2.05, 4.69) is 15.3 Å². The second kappa shape index (κ2) is 5.49. The molecule has 0 aliphatic rings. The van der Waals surface area contributed by atoms with Gasteiger partial charge in [0.15, 0.2) is 12.4 Å². The van der Waals surface area contributed by atoms with Crippen molar-refractivity contribution >= 4 is 22.3 Å². The summed E-state index contributed by atoms with van der Waals surface area (Å²) in [7, 11) is 0. The first-order valence-electron chi connectivity index (χ1n) is 6.33. The lowest BCUT2D eigenvalue weighted by atomic mass is 10.2. The Morgan fingerprint density at radius 2 is 2.29 bits per heavy atom. The van der Waals surface area contributed by atoms with Crippen LogP contribution >= 0.6 is 11.3 Å². The maximum absolute atomic E-state index is 10.5. The molecule has 1 N–H and O–H groups in total. The van der Waals surface area contributed by atoms with Gasteiger partial charge in [0.05, 0.1) is 0 Å². The predicted octanol–water partition coefficient (Wildman–Crippen LogP) is 1.88. The zero-order valence-electron chi connectivity index (χ0n) is 11.2. The minimum Gasteiger partial charge on any atom is -0.482 e. The van der Waals surface area contributed by atoms with E-state index in [1.54, 1.807) is 22.7 Å². The molecular weight excluding hydrogens is 292 g/mol. The van der Waals surface area contributed by atoms with Crippen molar-refractivity contribution in [1.29, 1.82) is 0 Å². The molecule has 1 aromatic carbocycles. The molecule has 0 amide bonds. The summed E-state index contributed by atoms with van der Waals surface area (Å²) in [5.74, 6) is 0.300. The zero-order chi connectivity index (χ0) is 14.8. The molecule has 8 heteroatoms. The largest absolute Gasteiger partial charge is 0.482 e. The van der Waals surface area contributed by atoms with Crippen LogP contribution in [0, 0.1) is 0 Å². The second-order valence-electron chi connectivity index (χ2n) is 4.28. The van der Waals surface area contributed by atoms with Crippen LogP contribution in [0.2, 0.25) is 0 Å². The van der Waals surface area contributed by atoms with Gasteiger partial charge < -0.3 is 9.84 Å². The average molecular weight is 304 g/mol. The summed E-state index contributed by atoms with van der Waals surface area (Å²) in [4.78, 5) is 11.3. The minimum absolute atomic E-state index is 0.367. The molecule has 0 saturated heterocycles. The number of rotatable bonds is 5. The van der Waals surface area contributed by atoms with Crippen LogP contribution in [0.5, 0.6) is 5.75 Å². The number of ether oxygens (including phenoxy) is 1. The number of carboxylic acids is 1. The van der Waals surface area contributed by atoms with Crippen molar-refractivity contribution in [1.82, 2.24) is 19.8 Å². The summed E-state index contributed by atoms with van der Waals surface area (Å²) < 4.78 is 6.90. The van der Waals surface area contributed by atoms with Crippen LogP contribution in [0.25, 0.3) is 15.5 Å². The first-order valence-corrected chi connectivity index (χ1v) is 7.15. The van der Waals surface area contributed by atoms with Gasteiger partial charge in [-0.05, 0) is 12.1 Å². The van der Waals surface area contributed by atoms with E-state index >= 15 is 0 Å². The molecule has 3 aromatic rings. The van der Waals surface area contributed by atoms with Gasteiger partial charge in [-0.1, -0.05) is 30.4 Å². The van der Waals surface area contributed by atoms with E-state index in [0.717, 1.165) is 27.8 Å². The molecule has 108 valence electrons. The SMILES string of the molecule is CCc1nnc2sc(-c3cccc(OCC(=O)O)c3)nn12. The highest BCUT2D eigenvalue weighted by Crippen LogP contribution is 2.28. The number of hydrogen-bond donors (Lipinski definition) is 1. The summed E-state index contributed by atoms with van der Waals surface area (Å²) in [6.07, 6.45) is 0.756. The number of aromatic nitrogens is 4.